The van der Waals surface area contributed by atoms with Crippen molar-refractivity contribution >= 4 is 0 Å². The molecule has 1 aromatic carbocycles. The normalized spacial score (nSPS) is 13.2. The van der Waals surface area contributed by atoms with Crippen molar-refractivity contribution in [1.82, 2.24) is 5.32 Å². The van der Waals surface area contributed by atoms with Crippen molar-refractivity contribution in [3.8, 4) is 5.75 Å². The Morgan fingerprint density at radius 3 is 2.33 bits per heavy atom. The number of benzene rings is 1. The van der Waals surface area contributed by atoms with Gasteiger partial charge in [0, 0.05) is 12.5 Å². The molecule has 1 rings (SSSR count). The quantitative estimate of drug-likeness (QED) is 0.658. The Morgan fingerprint density at radius 1 is 1.14 bits per heavy atom. The van der Waals surface area contributed by atoms with Gasteiger partial charge in [0.2, 0.25) is 0 Å². The van der Waals surface area contributed by atoms with Crippen LogP contribution < -0.4 is 10.1 Å². The van der Waals surface area contributed by atoms with Crippen LogP contribution in [0.25, 0.3) is 0 Å². The van der Waals surface area contributed by atoms with Gasteiger partial charge < -0.3 is 10.1 Å². The summed E-state index contributed by atoms with van der Waals surface area (Å²) >= 11 is 0. The second kappa shape index (κ2) is 8.93. The van der Waals surface area contributed by atoms with E-state index in [0.29, 0.717) is 11.8 Å². The summed E-state index contributed by atoms with van der Waals surface area (Å²) < 4.78 is 41.3. The van der Waals surface area contributed by atoms with Crippen molar-refractivity contribution in [2.75, 3.05) is 13.2 Å². The van der Waals surface area contributed by atoms with E-state index < -0.39 is 12.6 Å². The fraction of sp³-hybridized carbons (Fsp3) is 0.625. The minimum Gasteiger partial charge on any atom is -0.494 e. The Kier molecular flexibility index (Phi) is 7.57. The molecule has 0 spiro atoms. The summed E-state index contributed by atoms with van der Waals surface area (Å²) in [5, 5.41) is 3.46. The number of rotatable bonds is 9. The largest absolute Gasteiger partial charge is 0.494 e. The zero-order valence-electron chi connectivity index (χ0n) is 12.7. The SMILES string of the molecule is CCCNC(CC)c1ccc(OCCCC(F)(F)F)cc1. The summed E-state index contributed by atoms with van der Waals surface area (Å²) in [4.78, 5) is 0. The van der Waals surface area contributed by atoms with E-state index in [1.54, 1.807) is 0 Å². The van der Waals surface area contributed by atoms with Crippen LogP contribution in [0, 0.1) is 0 Å². The molecular weight excluding hydrogens is 279 g/mol. The first-order valence-corrected chi connectivity index (χ1v) is 7.49. The topological polar surface area (TPSA) is 21.3 Å². The number of hydrogen-bond donors (Lipinski definition) is 1. The van der Waals surface area contributed by atoms with Crippen LogP contribution in [-0.2, 0) is 0 Å². The van der Waals surface area contributed by atoms with Crippen LogP contribution in [0.1, 0.15) is 51.1 Å². The van der Waals surface area contributed by atoms with Crippen LogP contribution in [0.5, 0.6) is 5.75 Å². The van der Waals surface area contributed by atoms with Gasteiger partial charge in [-0.25, -0.2) is 0 Å². The highest BCUT2D eigenvalue weighted by Gasteiger charge is 2.26. The molecule has 21 heavy (non-hydrogen) atoms. The lowest BCUT2D eigenvalue weighted by Crippen LogP contribution is -2.21. The summed E-state index contributed by atoms with van der Waals surface area (Å²) in [6.07, 6.45) is -2.85. The molecule has 0 heterocycles. The van der Waals surface area contributed by atoms with E-state index >= 15 is 0 Å². The lowest BCUT2D eigenvalue weighted by Gasteiger charge is -2.17. The van der Waals surface area contributed by atoms with Crippen molar-refractivity contribution in [3.63, 3.8) is 0 Å². The van der Waals surface area contributed by atoms with Crippen molar-refractivity contribution in [1.29, 1.82) is 0 Å². The number of hydrogen-bond acceptors (Lipinski definition) is 2. The molecule has 120 valence electrons. The summed E-state index contributed by atoms with van der Waals surface area (Å²) in [6.45, 7) is 5.30. The zero-order valence-corrected chi connectivity index (χ0v) is 12.7. The summed E-state index contributed by atoms with van der Waals surface area (Å²) in [5.74, 6) is 0.617. The van der Waals surface area contributed by atoms with Crippen LogP contribution in [0.4, 0.5) is 13.2 Å². The number of ether oxygens (including phenoxy) is 1. The average Bonchev–Trinajstić information content (AvgIpc) is 2.45. The van der Waals surface area contributed by atoms with Crippen molar-refractivity contribution in [2.45, 2.75) is 51.7 Å². The Morgan fingerprint density at radius 2 is 1.81 bits per heavy atom. The second-order valence-electron chi connectivity index (χ2n) is 5.05. The van der Waals surface area contributed by atoms with Crippen LogP contribution in [-0.4, -0.2) is 19.3 Å². The third-order valence-corrected chi connectivity index (χ3v) is 3.20. The van der Waals surface area contributed by atoms with Crippen molar-refractivity contribution in [2.24, 2.45) is 0 Å². The lowest BCUT2D eigenvalue weighted by atomic mass is 10.0. The van der Waals surface area contributed by atoms with Crippen LogP contribution in [0.3, 0.4) is 0 Å². The number of nitrogens with one attached hydrogen (secondary N) is 1. The van der Waals surface area contributed by atoms with E-state index in [-0.39, 0.29) is 13.0 Å². The average molecular weight is 303 g/mol. The molecule has 1 N–H and O–H groups in total. The van der Waals surface area contributed by atoms with Crippen LogP contribution in [0.15, 0.2) is 24.3 Å². The van der Waals surface area contributed by atoms with Gasteiger partial charge in [0.15, 0.2) is 0 Å². The van der Waals surface area contributed by atoms with Gasteiger partial charge in [0.25, 0.3) is 0 Å². The molecule has 0 aliphatic heterocycles. The second-order valence-corrected chi connectivity index (χ2v) is 5.05. The van der Waals surface area contributed by atoms with Crippen molar-refractivity contribution in [3.05, 3.63) is 29.8 Å². The molecule has 0 aliphatic rings. The van der Waals surface area contributed by atoms with E-state index in [2.05, 4.69) is 19.2 Å². The van der Waals surface area contributed by atoms with E-state index in [0.717, 1.165) is 19.4 Å². The predicted molar refractivity (Wildman–Crippen MR) is 78.6 cm³/mol. The maximum Gasteiger partial charge on any atom is 0.389 e. The standard InChI is InChI=1S/C16H24F3NO/c1-3-11-20-15(4-2)13-6-8-14(9-7-13)21-12-5-10-16(17,18)19/h6-9,15,20H,3-5,10-12H2,1-2H3. The van der Waals surface area contributed by atoms with Gasteiger partial charge in [-0.05, 0) is 43.5 Å². The highest BCUT2D eigenvalue weighted by Crippen LogP contribution is 2.23. The van der Waals surface area contributed by atoms with Crippen LogP contribution in [0.2, 0.25) is 0 Å². The third kappa shape index (κ3) is 7.37. The molecule has 0 aromatic heterocycles. The van der Waals surface area contributed by atoms with Gasteiger partial charge in [0.05, 0.1) is 6.61 Å². The molecular formula is C16H24F3NO. The maximum absolute atomic E-state index is 12.0. The predicted octanol–water partition coefficient (Wildman–Crippen LogP) is 4.86. The van der Waals surface area contributed by atoms with E-state index in [1.807, 2.05) is 24.3 Å². The van der Waals surface area contributed by atoms with Gasteiger partial charge in [0.1, 0.15) is 5.75 Å². The maximum atomic E-state index is 12.0. The smallest absolute Gasteiger partial charge is 0.389 e. The Hall–Kier alpha value is -1.23. The Balaban J connectivity index is 2.42. The first-order chi connectivity index (χ1) is 9.96. The minimum atomic E-state index is -4.10. The molecule has 0 fully saturated rings. The first kappa shape index (κ1) is 17.8. The molecule has 5 heteroatoms. The van der Waals surface area contributed by atoms with Gasteiger partial charge >= 0.3 is 6.18 Å². The minimum absolute atomic E-state index is 0.0130. The van der Waals surface area contributed by atoms with Gasteiger partial charge in [-0.15, -0.1) is 0 Å². The highest BCUT2D eigenvalue weighted by atomic mass is 19.4. The molecule has 2 nitrogen and oxygen atoms in total. The number of alkyl halides is 3. The fourth-order valence-corrected chi connectivity index (χ4v) is 2.08. The Bertz CT molecular complexity index is 390. The molecule has 0 saturated heterocycles. The first-order valence-electron chi connectivity index (χ1n) is 7.49. The molecule has 1 atom stereocenters. The molecule has 0 saturated carbocycles. The molecule has 0 radical (unpaired) electrons. The summed E-state index contributed by atoms with van der Waals surface area (Å²) in [5.41, 5.74) is 1.17. The van der Waals surface area contributed by atoms with E-state index in [4.69, 9.17) is 4.74 Å². The molecule has 0 aliphatic carbocycles. The van der Waals surface area contributed by atoms with Crippen molar-refractivity contribution < 1.29 is 17.9 Å². The molecule has 1 aromatic rings. The molecule has 1 unspecified atom stereocenters. The number of halogens is 3. The lowest BCUT2D eigenvalue weighted by molar-refractivity contribution is -0.136. The molecule has 0 bridgehead atoms. The monoisotopic (exact) mass is 303 g/mol. The van der Waals surface area contributed by atoms with Gasteiger partial charge in [-0.2, -0.15) is 13.2 Å². The summed E-state index contributed by atoms with van der Waals surface area (Å²) in [6, 6.07) is 7.88. The van der Waals surface area contributed by atoms with E-state index in [9.17, 15) is 13.2 Å². The van der Waals surface area contributed by atoms with E-state index in [1.165, 1.54) is 5.56 Å². The summed E-state index contributed by atoms with van der Waals surface area (Å²) in [7, 11) is 0. The highest BCUT2D eigenvalue weighted by molar-refractivity contribution is 5.29. The third-order valence-electron chi connectivity index (χ3n) is 3.20. The molecule has 0 amide bonds. The van der Waals surface area contributed by atoms with Crippen LogP contribution >= 0.6 is 0 Å². The van der Waals surface area contributed by atoms with Gasteiger partial charge in [-0.1, -0.05) is 26.0 Å². The van der Waals surface area contributed by atoms with Gasteiger partial charge in [-0.3, -0.25) is 0 Å². The zero-order chi connectivity index (χ0) is 15.7. The fourth-order valence-electron chi connectivity index (χ4n) is 2.08. The Labute approximate surface area is 124 Å².